The van der Waals surface area contributed by atoms with E-state index in [9.17, 15) is 4.39 Å². The Hall–Kier alpha value is -1.09. The van der Waals surface area contributed by atoms with Gasteiger partial charge in [-0.2, -0.15) is 0 Å². The smallest absolute Gasteiger partial charge is 0.126 e. The van der Waals surface area contributed by atoms with E-state index in [0.717, 1.165) is 13.0 Å². The fourth-order valence-corrected chi connectivity index (χ4v) is 2.79. The summed E-state index contributed by atoms with van der Waals surface area (Å²) in [6.07, 6.45) is 6.36. The number of rotatable bonds is 7. The maximum atomic E-state index is 13.1. The Labute approximate surface area is 115 Å². The van der Waals surface area contributed by atoms with Crippen LogP contribution in [0.1, 0.15) is 39.0 Å². The highest BCUT2D eigenvalue weighted by Crippen LogP contribution is 2.28. The molecule has 1 atom stereocenters. The Bertz CT molecular complexity index is 377. The van der Waals surface area contributed by atoms with E-state index in [1.165, 1.54) is 37.8 Å². The van der Waals surface area contributed by atoms with Crippen molar-refractivity contribution in [2.45, 2.75) is 45.1 Å². The summed E-state index contributed by atoms with van der Waals surface area (Å²) in [7, 11) is 0. The molecule has 0 aromatic heterocycles. The number of halogens is 1. The first-order valence-corrected chi connectivity index (χ1v) is 7.41. The molecule has 1 N–H and O–H groups in total. The van der Waals surface area contributed by atoms with Gasteiger partial charge in [-0.1, -0.05) is 25.8 Å². The van der Waals surface area contributed by atoms with Gasteiger partial charge in [-0.15, -0.1) is 0 Å². The van der Waals surface area contributed by atoms with Crippen LogP contribution in [-0.2, 0) is 0 Å². The molecular formula is C16H24FNO. The molecule has 0 aliphatic heterocycles. The lowest BCUT2D eigenvalue weighted by molar-refractivity contribution is 0.217. The quantitative estimate of drug-likeness (QED) is 0.810. The van der Waals surface area contributed by atoms with Crippen LogP contribution in [0.25, 0.3) is 0 Å². The summed E-state index contributed by atoms with van der Waals surface area (Å²) >= 11 is 0. The molecule has 1 saturated carbocycles. The van der Waals surface area contributed by atoms with Crippen LogP contribution in [0.2, 0.25) is 0 Å². The van der Waals surface area contributed by atoms with Crippen LogP contribution in [0.15, 0.2) is 24.3 Å². The summed E-state index contributed by atoms with van der Waals surface area (Å²) in [6, 6.07) is 6.79. The maximum Gasteiger partial charge on any atom is 0.126 e. The Kier molecular flexibility index (Phi) is 5.64. The molecule has 19 heavy (non-hydrogen) atoms. The minimum absolute atomic E-state index is 0.239. The fraction of sp³-hybridized carbons (Fsp3) is 0.625. The molecule has 0 heterocycles. The number of benzene rings is 1. The van der Waals surface area contributed by atoms with E-state index in [-0.39, 0.29) is 5.82 Å². The number of hydrogen-bond donors (Lipinski definition) is 1. The molecule has 1 unspecified atom stereocenters. The molecule has 0 spiro atoms. The van der Waals surface area contributed by atoms with Gasteiger partial charge in [0.05, 0.1) is 0 Å². The van der Waals surface area contributed by atoms with Gasteiger partial charge in [0.15, 0.2) is 0 Å². The summed E-state index contributed by atoms with van der Waals surface area (Å²) in [5.74, 6) is 1.10. The number of hydrogen-bond acceptors (Lipinski definition) is 2. The van der Waals surface area contributed by atoms with E-state index < -0.39 is 0 Å². The predicted octanol–water partition coefficient (Wildman–Crippen LogP) is 3.76. The highest BCUT2D eigenvalue weighted by molar-refractivity contribution is 5.22. The molecule has 0 saturated heterocycles. The van der Waals surface area contributed by atoms with Gasteiger partial charge in [-0.25, -0.2) is 4.39 Å². The van der Waals surface area contributed by atoms with Crippen LogP contribution in [0.5, 0.6) is 5.75 Å². The third kappa shape index (κ3) is 4.50. The SMILES string of the molecule is CCCNC(COc1cccc(F)c1)C1CCCC1. The molecule has 2 rings (SSSR count). The molecule has 1 aromatic rings. The highest BCUT2D eigenvalue weighted by Gasteiger charge is 2.24. The lowest BCUT2D eigenvalue weighted by Crippen LogP contribution is -2.40. The zero-order valence-corrected chi connectivity index (χ0v) is 11.7. The molecule has 106 valence electrons. The zero-order chi connectivity index (χ0) is 13.5. The van der Waals surface area contributed by atoms with Gasteiger partial charge in [0, 0.05) is 12.1 Å². The minimum Gasteiger partial charge on any atom is -0.492 e. The molecule has 0 radical (unpaired) electrons. The first kappa shape index (κ1) is 14.3. The fourth-order valence-electron chi connectivity index (χ4n) is 2.79. The van der Waals surface area contributed by atoms with Gasteiger partial charge in [0.25, 0.3) is 0 Å². The second-order valence-corrected chi connectivity index (χ2v) is 5.37. The van der Waals surface area contributed by atoms with Gasteiger partial charge < -0.3 is 10.1 Å². The lowest BCUT2D eigenvalue weighted by Gasteiger charge is -2.24. The van der Waals surface area contributed by atoms with Gasteiger partial charge in [-0.3, -0.25) is 0 Å². The van der Waals surface area contributed by atoms with Crippen molar-refractivity contribution in [3.8, 4) is 5.75 Å². The summed E-state index contributed by atoms with van der Waals surface area (Å²) in [5.41, 5.74) is 0. The third-order valence-corrected chi connectivity index (χ3v) is 3.85. The summed E-state index contributed by atoms with van der Waals surface area (Å²) in [6.45, 7) is 3.83. The van der Waals surface area contributed by atoms with E-state index in [4.69, 9.17) is 4.74 Å². The monoisotopic (exact) mass is 265 g/mol. The van der Waals surface area contributed by atoms with Gasteiger partial charge in [-0.05, 0) is 43.9 Å². The van der Waals surface area contributed by atoms with Gasteiger partial charge >= 0.3 is 0 Å². The highest BCUT2D eigenvalue weighted by atomic mass is 19.1. The largest absolute Gasteiger partial charge is 0.492 e. The first-order valence-electron chi connectivity index (χ1n) is 7.41. The van der Waals surface area contributed by atoms with E-state index >= 15 is 0 Å². The number of ether oxygens (including phenoxy) is 1. The average molecular weight is 265 g/mol. The van der Waals surface area contributed by atoms with E-state index in [1.54, 1.807) is 6.07 Å². The molecule has 0 bridgehead atoms. The second kappa shape index (κ2) is 7.49. The minimum atomic E-state index is -0.239. The predicted molar refractivity (Wildman–Crippen MR) is 75.9 cm³/mol. The van der Waals surface area contributed by atoms with Crippen LogP contribution in [-0.4, -0.2) is 19.2 Å². The van der Waals surface area contributed by atoms with Crippen LogP contribution in [0.3, 0.4) is 0 Å². The number of nitrogens with one attached hydrogen (secondary N) is 1. The normalized spacial score (nSPS) is 17.6. The first-order chi connectivity index (χ1) is 9.29. The van der Waals surface area contributed by atoms with Crippen molar-refractivity contribution in [2.75, 3.05) is 13.2 Å². The molecule has 1 aliphatic carbocycles. The standard InChI is InChI=1S/C16H24FNO/c1-2-10-18-16(13-6-3-4-7-13)12-19-15-9-5-8-14(17)11-15/h5,8-9,11,13,16,18H,2-4,6-7,10,12H2,1H3. The molecule has 2 nitrogen and oxygen atoms in total. The van der Waals surface area contributed by atoms with Crippen LogP contribution in [0, 0.1) is 11.7 Å². The zero-order valence-electron chi connectivity index (χ0n) is 11.7. The van der Waals surface area contributed by atoms with Gasteiger partial charge in [0.1, 0.15) is 18.2 Å². The molecule has 0 amide bonds. The van der Waals surface area contributed by atoms with Crippen molar-refractivity contribution in [1.82, 2.24) is 5.32 Å². The Balaban J connectivity index is 1.88. The summed E-state index contributed by atoms with van der Waals surface area (Å²) in [5, 5.41) is 3.58. The van der Waals surface area contributed by atoms with Crippen LogP contribution >= 0.6 is 0 Å². The summed E-state index contributed by atoms with van der Waals surface area (Å²) < 4.78 is 18.9. The van der Waals surface area contributed by atoms with Crippen molar-refractivity contribution in [3.05, 3.63) is 30.1 Å². The Morgan fingerprint density at radius 2 is 2.16 bits per heavy atom. The van der Waals surface area contributed by atoms with E-state index in [2.05, 4.69) is 12.2 Å². The average Bonchev–Trinajstić information content (AvgIpc) is 2.93. The lowest BCUT2D eigenvalue weighted by atomic mass is 9.98. The van der Waals surface area contributed by atoms with Crippen molar-refractivity contribution >= 4 is 0 Å². The molecule has 1 fully saturated rings. The Morgan fingerprint density at radius 1 is 1.37 bits per heavy atom. The van der Waals surface area contributed by atoms with E-state index in [0.29, 0.717) is 24.3 Å². The topological polar surface area (TPSA) is 21.3 Å². The second-order valence-electron chi connectivity index (χ2n) is 5.37. The van der Waals surface area contributed by atoms with Crippen molar-refractivity contribution in [1.29, 1.82) is 0 Å². The van der Waals surface area contributed by atoms with Crippen molar-refractivity contribution < 1.29 is 9.13 Å². The Morgan fingerprint density at radius 3 is 2.84 bits per heavy atom. The molecular weight excluding hydrogens is 241 g/mol. The van der Waals surface area contributed by atoms with Crippen molar-refractivity contribution in [2.24, 2.45) is 5.92 Å². The molecule has 1 aliphatic rings. The molecule has 3 heteroatoms. The maximum absolute atomic E-state index is 13.1. The van der Waals surface area contributed by atoms with Crippen LogP contribution in [0.4, 0.5) is 4.39 Å². The van der Waals surface area contributed by atoms with E-state index in [1.807, 2.05) is 6.07 Å². The third-order valence-electron chi connectivity index (χ3n) is 3.85. The molecule has 1 aromatic carbocycles. The van der Waals surface area contributed by atoms with Crippen molar-refractivity contribution in [3.63, 3.8) is 0 Å². The van der Waals surface area contributed by atoms with Gasteiger partial charge in [0.2, 0.25) is 0 Å². The summed E-state index contributed by atoms with van der Waals surface area (Å²) in [4.78, 5) is 0. The van der Waals surface area contributed by atoms with Crippen LogP contribution < -0.4 is 10.1 Å².